The number of nitrogens with zero attached hydrogens (tertiary/aromatic N) is 4. The lowest BCUT2D eigenvalue weighted by atomic mass is 10.0. The Morgan fingerprint density at radius 1 is 1.28 bits per heavy atom. The van der Waals surface area contributed by atoms with Gasteiger partial charge in [0, 0.05) is 19.1 Å². The van der Waals surface area contributed by atoms with Crippen LogP contribution >= 0.6 is 0 Å². The average molecular weight is 403 g/mol. The van der Waals surface area contributed by atoms with E-state index in [0.29, 0.717) is 18.9 Å². The summed E-state index contributed by atoms with van der Waals surface area (Å²) in [5, 5.41) is 7.07. The number of nitrogens with one attached hydrogen (secondary N) is 1. The molecule has 2 fully saturated rings. The first-order chi connectivity index (χ1) is 14.1. The number of aromatic nitrogens is 3. The number of ether oxygens (including phenoxy) is 2. The first-order valence-electron chi connectivity index (χ1n) is 9.96. The summed E-state index contributed by atoms with van der Waals surface area (Å²) in [6.07, 6.45) is 1.65. The Bertz CT molecular complexity index is 820. The summed E-state index contributed by atoms with van der Waals surface area (Å²) in [5.74, 6) is 1.96. The predicted molar refractivity (Wildman–Crippen MR) is 103 cm³/mol. The third-order valence-corrected chi connectivity index (χ3v) is 5.42. The first-order valence-corrected chi connectivity index (χ1v) is 9.96. The number of carbonyl (C=O) groups is 1. The maximum Gasteiger partial charge on any atom is 0.248 e. The van der Waals surface area contributed by atoms with Crippen LogP contribution < -0.4 is 4.74 Å². The maximum atomic E-state index is 13.0. The molecule has 2 saturated heterocycles. The van der Waals surface area contributed by atoms with E-state index in [4.69, 9.17) is 9.47 Å². The molecule has 1 atom stereocenters. The molecule has 0 saturated carbocycles. The van der Waals surface area contributed by atoms with E-state index in [2.05, 4.69) is 20.1 Å². The monoisotopic (exact) mass is 403 g/mol. The van der Waals surface area contributed by atoms with Gasteiger partial charge in [-0.25, -0.2) is 9.37 Å². The van der Waals surface area contributed by atoms with Crippen molar-refractivity contribution in [1.82, 2.24) is 25.0 Å². The summed E-state index contributed by atoms with van der Waals surface area (Å²) in [4.78, 5) is 21.0. The van der Waals surface area contributed by atoms with Gasteiger partial charge >= 0.3 is 0 Å². The van der Waals surface area contributed by atoms with Crippen LogP contribution in [0.5, 0.6) is 5.75 Å². The Labute approximate surface area is 169 Å². The smallest absolute Gasteiger partial charge is 0.248 e. The highest BCUT2D eigenvalue weighted by molar-refractivity contribution is 5.78. The Kier molecular flexibility index (Phi) is 6.05. The fraction of sp³-hybridized carbons (Fsp3) is 0.550. The van der Waals surface area contributed by atoms with Crippen molar-refractivity contribution in [3.8, 4) is 5.75 Å². The number of piperidine rings is 1. The van der Waals surface area contributed by atoms with E-state index < -0.39 is 0 Å². The minimum absolute atomic E-state index is 0.0334. The third-order valence-electron chi connectivity index (χ3n) is 5.42. The Morgan fingerprint density at radius 3 is 2.72 bits per heavy atom. The van der Waals surface area contributed by atoms with Crippen molar-refractivity contribution in [3.05, 3.63) is 41.7 Å². The molecule has 0 aliphatic carbocycles. The van der Waals surface area contributed by atoms with E-state index in [-0.39, 0.29) is 30.5 Å². The fourth-order valence-corrected chi connectivity index (χ4v) is 3.87. The number of benzene rings is 1. The van der Waals surface area contributed by atoms with Gasteiger partial charge in [-0.2, -0.15) is 5.10 Å². The van der Waals surface area contributed by atoms with Crippen LogP contribution in [0.2, 0.25) is 0 Å². The summed E-state index contributed by atoms with van der Waals surface area (Å²) in [7, 11) is 0. The van der Waals surface area contributed by atoms with Crippen molar-refractivity contribution in [2.75, 3.05) is 32.8 Å². The van der Waals surface area contributed by atoms with E-state index in [1.807, 2.05) is 11.8 Å². The molecule has 0 radical (unpaired) electrons. The van der Waals surface area contributed by atoms with Gasteiger partial charge in [0.1, 0.15) is 36.7 Å². The summed E-state index contributed by atoms with van der Waals surface area (Å²) in [6.45, 7) is 5.35. The first kappa shape index (κ1) is 19.8. The summed E-state index contributed by atoms with van der Waals surface area (Å²) in [6, 6.07) is 6.12. The van der Waals surface area contributed by atoms with Gasteiger partial charge in [-0.3, -0.25) is 14.8 Å². The topological polar surface area (TPSA) is 83.6 Å². The molecule has 1 N–H and O–H groups in total. The van der Waals surface area contributed by atoms with Crippen LogP contribution in [-0.2, 0) is 16.1 Å². The quantitative estimate of drug-likeness (QED) is 0.788. The van der Waals surface area contributed by atoms with Gasteiger partial charge in [0.05, 0.1) is 13.1 Å². The number of hydrogen-bond donors (Lipinski definition) is 1. The van der Waals surface area contributed by atoms with Gasteiger partial charge in [0.15, 0.2) is 5.82 Å². The number of aromatic amines is 1. The van der Waals surface area contributed by atoms with Gasteiger partial charge in [-0.15, -0.1) is 0 Å². The minimum Gasteiger partial charge on any atom is -0.491 e. The second-order valence-corrected chi connectivity index (χ2v) is 7.59. The molecule has 4 rings (SSSR count). The molecule has 2 aliphatic rings. The average Bonchev–Trinajstić information content (AvgIpc) is 3.14. The normalized spacial score (nSPS) is 21.5. The molecule has 0 spiro atoms. The zero-order chi connectivity index (χ0) is 20.2. The largest absolute Gasteiger partial charge is 0.491 e. The van der Waals surface area contributed by atoms with Crippen LogP contribution in [0, 0.1) is 12.7 Å². The zero-order valence-electron chi connectivity index (χ0n) is 16.5. The highest BCUT2D eigenvalue weighted by atomic mass is 19.1. The second-order valence-electron chi connectivity index (χ2n) is 7.59. The number of halogens is 1. The van der Waals surface area contributed by atoms with Crippen LogP contribution in [0.4, 0.5) is 4.39 Å². The van der Waals surface area contributed by atoms with Gasteiger partial charge in [0.2, 0.25) is 5.91 Å². The lowest BCUT2D eigenvalue weighted by Gasteiger charge is -2.41. The summed E-state index contributed by atoms with van der Waals surface area (Å²) in [5.41, 5.74) is 0. The van der Waals surface area contributed by atoms with Crippen LogP contribution in [-0.4, -0.2) is 75.9 Å². The zero-order valence-corrected chi connectivity index (χ0v) is 16.5. The lowest BCUT2D eigenvalue weighted by Crippen LogP contribution is -2.55. The van der Waals surface area contributed by atoms with Crippen molar-refractivity contribution in [1.29, 1.82) is 0 Å². The number of hydrogen-bond acceptors (Lipinski definition) is 6. The molecule has 29 heavy (non-hydrogen) atoms. The number of rotatable bonds is 6. The molecular formula is C20H26FN5O3. The molecule has 1 amide bonds. The van der Waals surface area contributed by atoms with Crippen molar-refractivity contribution in [2.45, 2.75) is 38.5 Å². The highest BCUT2D eigenvalue weighted by Gasteiger charge is 2.34. The molecule has 1 aromatic heterocycles. The van der Waals surface area contributed by atoms with Crippen molar-refractivity contribution >= 4 is 5.91 Å². The molecule has 156 valence electrons. The third kappa shape index (κ3) is 5.10. The van der Waals surface area contributed by atoms with Crippen LogP contribution in [0.15, 0.2) is 24.3 Å². The number of likely N-dealkylation sites (tertiary alicyclic amines) is 1. The molecule has 2 aliphatic heterocycles. The SMILES string of the molecule is Cc1nc(CN2CCC(N3C[C@@H](COc4ccc(F)cc4)OCC3=O)CC2)n[nH]1. The number of aryl methyl sites for hydroxylation is 1. The van der Waals surface area contributed by atoms with Gasteiger partial charge in [-0.05, 0) is 44.0 Å². The predicted octanol–water partition coefficient (Wildman–Crippen LogP) is 1.52. The molecule has 0 unspecified atom stereocenters. The van der Waals surface area contributed by atoms with Gasteiger partial charge in [0.25, 0.3) is 0 Å². The van der Waals surface area contributed by atoms with Crippen LogP contribution in [0.3, 0.4) is 0 Å². The van der Waals surface area contributed by atoms with E-state index in [9.17, 15) is 9.18 Å². The van der Waals surface area contributed by atoms with Crippen LogP contribution in [0.25, 0.3) is 0 Å². The van der Waals surface area contributed by atoms with E-state index in [0.717, 1.165) is 44.1 Å². The Morgan fingerprint density at radius 2 is 2.03 bits per heavy atom. The van der Waals surface area contributed by atoms with Crippen molar-refractivity contribution < 1.29 is 18.7 Å². The maximum absolute atomic E-state index is 13.0. The van der Waals surface area contributed by atoms with E-state index in [1.165, 1.54) is 12.1 Å². The van der Waals surface area contributed by atoms with E-state index in [1.54, 1.807) is 12.1 Å². The van der Waals surface area contributed by atoms with Crippen molar-refractivity contribution in [2.24, 2.45) is 0 Å². The van der Waals surface area contributed by atoms with Crippen LogP contribution in [0.1, 0.15) is 24.5 Å². The molecule has 0 bridgehead atoms. The molecule has 1 aromatic carbocycles. The molecule has 3 heterocycles. The fourth-order valence-electron chi connectivity index (χ4n) is 3.87. The Hall–Kier alpha value is -2.52. The van der Waals surface area contributed by atoms with Gasteiger partial charge < -0.3 is 14.4 Å². The lowest BCUT2D eigenvalue weighted by molar-refractivity contribution is -0.155. The molecule has 8 nitrogen and oxygen atoms in total. The highest BCUT2D eigenvalue weighted by Crippen LogP contribution is 2.21. The molecule has 2 aromatic rings. The van der Waals surface area contributed by atoms with Gasteiger partial charge in [-0.1, -0.05) is 0 Å². The number of carbonyl (C=O) groups excluding carboxylic acids is 1. The van der Waals surface area contributed by atoms with E-state index >= 15 is 0 Å². The Balaban J connectivity index is 1.26. The molecule has 9 heteroatoms. The molecular weight excluding hydrogens is 377 g/mol. The summed E-state index contributed by atoms with van der Waals surface area (Å²) >= 11 is 0. The number of morpholine rings is 1. The minimum atomic E-state index is -0.299. The number of amides is 1. The standard InChI is InChI=1S/C20H26FN5O3/c1-14-22-19(24-23-14)11-25-8-6-16(7-9-25)26-10-18(29-13-20(26)27)12-28-17-4-2-15(21)3-5-17/h2-5,16,18H,6-13H2,1H3,(H,22,23,24)/t18-/m0/s1. The second kappa shape index (κ2) is 8.87. The number of H-pyrrole nitrogens is 1. The van der Waals surface area contributed by atoms with Crippen molar-refractivity contribution in [3.63, 3.8) is 0 Å². The summed E-state index contributed by atoms with van der Waals surface area (Å²) < 4.78 is 24.3.